The second-order valence-corrected chi connectivity index (χ2v) is 6.39. The fourth-order valence-electron chi connectivity index (χ4n) is 3.39. The molecule has 0 spiro atoms. The maximum Gasteiger partial charge on any atom is 0.168 e. The number of aliphatic imine (C=N–C) groups is 1. The van der Waals surface area contributed by atoms with Gasteiger partial charge in [0.15, 0.2) is 5.17 Å². The van der Waals surface area contributed by atoms with Gasteiger partial charge >= 0.3 is 0 Å². The van der Waals surface area contributed by atoms with E-state index in [1.807, 2.05) is 12.1 Å². The van der Waals surface area contributed by atoms with Crippen LogP contribution >= 0.6 is 11.8 Å². The van der Waals surface area contributed by atoms with Gasteiger partial charge in [-0.25, -0.2) is 0 Å². The van der Waals surface area contributed by atoms with Gasteiger partial charge < -0.3 is 9.64 Å². The minimum atomic E-state index is 0.521. The van der Waals surface area contributed by atoms with Crippen molar-refractivity contribution >= 4 is 22.6 Å². The van der Waals surface area contributed by atoms with E-state index in [1.165, 1.54) is 42.1 Å². The summed E-state index contributed by atoms with van der Waals surface area (Å²) in [5.74, 6) is 0.908. The number of thioether (sulfide) groups is 1. The van der Waals surface area contributed by atoms with Crippen molar-refractivity contribution in [2.75, 3.05) is 7.11 Å². The van der Waals surface area contributed by atoms with Gasteiger partial charge in [0.2, 0.25) is 0 Å². The maximum absolute atomic E-state index is 5.24. The minimum absolute atomic E-state index is 0.521. The van der Waals surface area contributed by atoms with Crippen LogP contribution in [0.25, 0.3) is 5.70 Å². The van der Waals surface area contributed by atoms with Crippen molar-refractivity contribution in [1.82, 2.24) is 4.90 Å². The lowest BCUT2D eigenvalue weighted by Gasteiger charge is -2.32. The van der Waals surface area contributed by atoms with Crippen LogP contribution < -0.4 is 4.74 Å². The molecule has 0 saturated heterocycles. The third kappa shape index (κ3) is 1.85. The van der Waals surface area contributed by atoms with Crippen LogP contribution in [0, 0.1) is 0 Å². The summed E-state index contributed by atoms with van der Waals surface area (Å²) >= 11 is 1.77. The van der Waals surface area contributed by atoms with E-state index in [0.717, 1.165) is 5.75 Å². The fourth-order valence-corrected chi connectivity index (χ4v) is 4.40. The zero-order valence-electron chi connectivity index (χ0n) is 11.6. The molecule has 0 radical (unpaired) electrons. The first kappa shape index (κ1) is 12.3. The van der Waals surface area contributed by atoms with E-state index in [4.69, 9.17) is 9.73 Å². The highest BCUT2D eigenvalue weighted by atomic mass is 32.2. The third-order valence-corrected chi connectivity index (χ3v) is 5.28. The summed E-state index contributed by atoms with van der Waals surface area (Å²) in [5.41, 5.74) is 2.57. The molecule has 0 N–H and O–H groups in total. The average Bonchev–Trinajstić information content (AvgIpc) is 3.06. The van der Waals surface area contributed by atoms with E-state index in [1.54, 1.807) is 18.9 Å². The molecule has 1 saturated carbocycles. The Labute approximate surface area is 123 Å². The highest BCUT2D eigenvalue weighted by Gasteiger charge is 2.41. The zero-order chi connectivity index (χ0) is 13.5. The van der Waals surface area contributed by atoms with Gasteiger partial charge in [-0.15, -0.1) is 0 Å². The van der Waals surface area contributed by atoms with Crippen LogP contribution in [0.2, 0.25) is 0 Å². The summed E-state index contributed by atoms with van der Waals surface area (Å²) in [4.78, 5) is 7.38. The van der Waals surface area contributed by atoms with Crippen molar-refractivity contribution < 1.29 is 4.74 Å². The first-order valence-electron chi connectivity index (χ1n) is 7.25. The van der Waals surface area contributed by atoms with E-state index in [2.05, 4.69) is 22.4 Å². The first-order chi connectivity index (χ1) is 9.86. The number of hydrogen-bond donors (Lipinski definition) is 0. The predicted molar refractivity (Wildman–Crippen MR) is 83.9 cm³/mol. The molecule has 20 heavy (non-hydrogen) atoms. The normalized spacial score (nSPS) is 27.8. The molecule has 104 valence electrons. The van der Waals surface area contributed by atoms with E-state index in [9.17, 15) is 0 Å². The number of ether oxygens (including phenoxy) is 1. The Morgan fingerprint density at radius 3 is 2.80 bits per heavy atom. The Bertz CT molecular complexity index is 579. The van der Waals surface area contributed by atoms with Gasteiger partial charge in [0.1, 0.15) is 5.75 Å². The lowest BCUT2D eigenvalue weighted by molar-refractivity contribution is 0.305. The Morgan fingerprint density at radius 1 is 1.20 bits per heavy atom. The predicted octanol–water partition coefficient (Wildman–Crippen LogP) is 3.72. The Balaban J connectivity index is 1.64. The highest BCUT2D eigenvalue weighted by Crippen LogP contribution is 2.44. The minimum Gasteiger partial charge on any atom is -0.497 e. The summed E-state index contributed by atoms with van der Waals surface area (Å²) in [6.45, 7) is 0. The zero-order valence-corrected chi connectivity index (χ0v) is 12.4. The number of fused-ring (bicyclic) bond motifs is 3. The lowest BCUT2D eigenvalue weighted by atomic mass is 9.90. The van der Waals surface area contributed by atoms with Gasteiger partial charge in [-0.2, -0.15) is 0 Å². The molecule has 3 nitrogen and oxygen atoms in total. The van der Waals surface area contributed by atoms with Gasteiger partial charge in [-0.3, -0.25) is 4.99 Å². The lowest BCUT2D eigenvalue weighted by Crippen LogP contribution is -2.38. The van der Waals surface area contributed by atoms with Crippen LogP contribution in [0.1, 0.15) is 31.2 Å². The van der Waals surface area contributed by atoms with Crippen LogP contribution in [-0.4, -0.2) is 29.3 Å². The molecule has 1 aliphatic carbocycles. The monoisotopic (exact) mass is 286 g/mol. The first-order valence-corrected chi connectivity index (χ1v) is 8.13. The second kappa shape index (κ2) is 4.85. The summed E-state index contributed by atoms with van der Waals surface area (Å²) in [5, 5.41) is 3.44. The van der Waals surface area contributed by atoms with E-state index >= 15 is 0 Å². The topological polar surface area (TPSA) is 24.8 Å². The van der Waals surface area contributed by atoms with Crippen molar-refractivity contribution in [3.05, 3.63) is 35.2 Å². The highest BCUT2D eigenvalue weighted by molar-refractivity contribution is 8.16. The summed E-state index contributed by atoms with van der Waals surface area (Å²) in [7, 11) is 1.71. The van der Waals surface area contributed by atoms with Crippen LogP contribution in [0.15, 0.2) is 34.7 Å². The molecule has 1 aromatic carbocycles. The Hall–Kier alpha value is -1.42. The van der Waals surface area contributed by atoms with Gasteiger partial charge in [-0.05, 0) is 42.7 Å². The fraction of sp³-hybridized carbons (Fsp3) is 0.438. The van der Waals surface area contributed by atoms with Gasteiger partial charge in [0.25, 0.3) is 0 Å². The summed E-state index contributed by atoms with van der Waals surface area (Å²) in [6.07, 6.45) is 5.19. The molecule has 2 atom stereocenters. The molecule has 2 heterocycles. The molecule has 1 aromatic rings. The molecule has 2 aliphatic heterocycles. The SMILES string of the molecule is COc1ccc(C2=CSC3=N[C@@H]4CCCC[C@@H]4N23)cc1. The van der Waals surface area contributed by atoms with Crippen molar-refractivity contribution in [3.8, 4) is 5.75 Å². The molecule has 0 aromatic heterocycles. The van der Waals surface area contributed by atoms with Crippen LogP contribution in [0.3, 0.4) is 0 Å². The Kier molecular flexibility index (Phi) is 2.99. The molecule has 4 rings (SSSR count). The molecular formula is C16H18N2OS. The molecule has 3 aliphatic rings. The number of nitrogens with zero attached hydrogens (tertiary/aromatic N) is 2. The van der Waals surface area contributed by atoms with Gasteiger partial charge in [-0.1, -0.05) is 24.6 Å². The maximum atomic E-state index is 5.24. The number of amidine groups is 1. The average molecular weight is 286 g/mol. The molecule has 1 fully saturated rings. The van der Waals surface area contributed by atoms with Crippen LogP contribution in [-0.2, 0) is 0 Å². The molecule has 4 heteroatoms. The smallest absolute Gasteiger partial charge is 0.168 e. The number of hydrogen-bond acceptors (Lipinski definition) is 4. The summed E-state index contributed by atoms with van der Waals surface area (Å²) < 4.78 is 5.24. The number of rotatable bonds is 2. The Morgan fingerprint density at radius 2 is 2.00 bits per heavy atom. The summed E-state index contributed by atoms with van der Waals surface area (Å²) in [6, 6.07) is 9.46. The number of benzene rings is 1. The van der Waals surface area contributed by atoms with Crippen molar-refractivity contribution in [2.45, 2.75) is 37.8 Å². The van der Waals surface area contributed by atoms with E-state index < -0.39 is 0 Å². The van der Waals surface area contributed by atoms with Gasteiger partial charge in [0.05, 0.1) is 24.9 Å². The largest absolute Gasteiger partial charge is 0.497 e. The third-order valence-electron chi connectivity index (χ3n) is 4.43. The molecule has 0 unspecified atom stereocenters. The van der Waals surface area contributed by atoms with Crippen LogP contribution in [0.4, 0.5) is 0 Å². The molecule has 0 bridgehead atoms. The van der Waals surface area contributed by atoms with Crippen LogP contribution in [0.5, 0.6) is 5.75 Å². The van der Waals surface area contributed by atoms with E-state index in [-0.39, 0.29) is 0 Å². The molecule has 0 amide bonds. The quantitative estimate of drug-likeness (QED) is 0.828. The van der Waals surface area contributed by atoms with Crippen molar-refractivity contribution in [1.29, 1.82) is 0 Å². The number of methoxy groups -OCH3 is 1. The molecular weight excluding hydrogens is 268 g/mol. The van der Waals surface area contributed by atoms with Gasteiger partial charge in [0, 0.05) is 5.41 Å². The van der Waals surface area contributed by atoms with Crippen molar-refractivity contribution in [3.63, 3.8) is 0 Å². The second-order valence-electron chi connectivity index (χ2n) is 5.55. The van der Waals surface area contributed by atoms with Crippen molar-refractivity contribution in [2.24, 2.45) is 4.99 Å². The standard InChI is InChI=1S/C16H18N2OS/c1-19-12-8-6-11(7-9-12)15-10-20-16-17-13-4-2-3-5-14(13)18(15)16/h6-10,13-14H,2-5H2,1H3/t13-,14+/m1/s1. The van der Waals surface area contributed by atoms with E-state index in [0.29, 0.717) is 12.1 Å².